The first-order valence-corrected chi connectivity index (χ1v) is 7.67. The van der Waals surface area contributed by atoms with Gasteiger partial charge < -0.3 is 0 Å². The predicted octanol–water partition coefficient (Wildman–Crippen LogP) is 3.65. The second-order valence-corrected chi connectivity index (χ2v) is 5.31. The standard InChI is InChI=1S/C10H10N2S3/c1-13-9-6-7(8-4-3-5-15-8)11-10(12-9)14-2/h3-6H,1-2H3. The van der Waals surface area contributed by atoms with Crippen molar-refractivity contribution in [2.24, 2.45) is 0 Å². The van der Waals surface area contributed by atoms with Crippen LogP contribution in [0.1, 0.15) is 0 Å². The normalized spacial score (nSPS) is 10.5. The minimum Gasteiger partial charge on any atom is -0.222 e. The molecular formula is C10H10N2S3. The molecule has 0 saturated heterocycles. The van der Waals surface area contributed by atoms with Gasteiger partial charge in [-0.05, 0) is 30.0 Å². The molecule has 0 aliphatic carbocycles. The fourth-order valence-corrected chi connectivity index (χ4v) is 2.68. The maximum atomic E-state index is 4.49. The molecular weight excluding hydrogens is 244 g/mol. The van der Waals surface area contributed by atoms with E-state index in [0.717, 1.165) is 15.9 Å². The average Bonchev–Trinajstić information content (AvgIpc) is 2.81. The summed E-state index contributed by atoms with van der Waals surface area (Å²) in [5.74, 6) is 0. The van der Waals surface area contributed by atoms with Crippen LogP contribution in [0.4, 0.5) is 0 Å². The van der Waals surface area contributed by atoms with E-state index in [-0.39, 0.29) is 0 Å². The summed E-state index contributed by atoms with van der Waals surface area (Å²) in [4.78, 5) is 10.1. The van der Waals surface area contributed by atoms with Crippen LogP contribution in [0, 0.1) is 0 Å². The number of thiophene rings is 1. The Morgan fingerprint density at radius 2 is 2.07 bits per heavy atom. The fourth-order valence-electron chi connectivity index (χ4n) is 1.15. The third-order valence-electron chi connectivity index (χ3n) is 1.85. The molecule has 0 amide bonds. The van der Waals surface area contributed by atoms with Crippen molar-refractivity contribution in [2.45, 2.75) is 10.2 Å². The van der Waals surface area contributed by atoms with E-state index in [1.165, 1.54) is 4.88 Å². The second kappa shape index (κ2) is 5.01. The Morgan fingerprint density at radius 1 is 1.20 bits per heavy atom. The molecule has 0 aromatic carbocycles. The first-order valence-electron chi connectivity index (χ1n) is 4.34. The van der Waals surface area contributed by atoms with Gasteiger partial charge in [0.15, 0.2) is 5.16 Å². The van der Waals surface area contributed by atoms with E-state index in [0.29, 0.717) is 0 Å². The van der Waals surface area contributed by atoms with Gasteiger partial charge in [-0.25, -0.2) is 9.97 Å². The van der Waals surface area contributed by atoms with E-state index in [1.54, 1.807) is 34.9 Å². The molecule has 0 radical (unpaired) electrons. The van der Waals surface area contributed by atoms with Gasteiger partial charge in [-0.1, -0.05) is 17.8 Å². The highest BCUT2D eigenvalue weighted by Gasteiger charge is 2.06. The third-order valence-corrected chi connectivity index (χ3v) is 3.91. The molecule has 0 fully saturated rings. The molecule has 0 atom stereocenters. The van der Waals surface area contributed by atoms with E-state index in [2.05, 4.69) is 21.4 Å². The van der Waals surface area contributed by atoms with Crippen molar-refractivity contribution in [1.29, 1.82) is 0 Å². The fraction of sp³-hybridized carbons (Fsp3) is 0.200. The zero-order chi connectivity index (χ0) is 10.7. The molecule has 2 aromatic heterocycles. The molecule has 2 heterocycles. The summed E-state index contributed by atoms with van der Waals surface area (Å²) in [6, 6.07) is 6.16. The molecule has 0 aliphatic heterocycles. The Labute approximate surface area is 102 Å². The Morgan fingerprint density at radius 3 is 2.67 bits per heavy atom. The highest BCUT2D eigenvalue weighted by atomic mass is 32.2. The molecule has 2 rings (SSSR count). The Hall–Kier alpha value is -0.520. The van der Waals surface area contributed by atoms with Gasteiger partial charge in [-0.15, -0.1) is 23.1 Å². The summed E-state index contributed by atoms with van der Waals surface area (Å²) in [7, 11) is 0. The van der Waals surface area contributed by atoms with Crippen LogP contribution >= 0.6 is 34.9 Å². The largest absolute Gasteiger partial charge is 0.222 e. The van der Waals surface area contributed by atoms with E-state index in [9.17, 15) is 0 Å². The van der Waals surface area contributed by atoms with Gasteiger partial charge >= 0.3 is 0 Å². The Balaban J connectivity index is 2.47. The maximum Gasteiger partial charge on any atom is 0.188 e. The van der Waals surface area contributed by atoms with E-state index < -0.39 is 0 Å². The first kappa shape index (κ1) is 11.0. The summed E-state index contributed by atoms with van der Waals surface area (Å²) in [5.41, 5.74) is 1.02. The number of hydrogen-bond acceptors (Lipinski definition) is 5. The van der Waals surface area contributed by atoms with Crippen molar-refractivity contribution < 1.29 is 0 Å². The average molecular weight is 254 g/mol. The molecule has 5 heteroatoms. The van der Waals surface area contributed by atoms with E-state index in [1.807, 2.05) is 24.6 Å². The van der Waals surface area contributed by atoms with Crippen LogP contribution in [0.3, 0.4) is 0 Å². The number of aromatic nitrogens is 2. The topological polar surface area (TPSA) is 25.8 Å². The van der Waals surface area contributed by atoms with Crippen LogP contribution in [0.25, 0.3) is 10.6 Å². The first-order chi connectivity index (χ1) is 7.33. The van der Waals surface area contributed by atoms with Crippen molar-refractivity contribution >= 4 is 34.9 Å². The summed E-state index contributed by atoms with van der Waals surface area (Å²) in [6.45, 7) is 0. The summed E-state index contributed by atoms with van der Waals surface area (Å²) in [5, 5.41) is 3.93. The van der Waals surface area contributed by atoms with Crippen LogP contribution in [-0.4, -0.2) is 22.5 Å². The van der Waals surface area contributed by atoms with Gasteiger partial charge in [-0.2, -0.15) is 0 Å². The number of nitrogens with zero attached hydrogens (tertiary/aromatic N) is 2. The van der Waals surface area contributed by atoms with Crippen molar-refractivity contribution in [3.8, 4) is 10.6 Å². The lowest BCUT2D eigenvalue weighted by Gasteiger charge is -2.02. The van der Waals surface area contributed by atoms with Gasteiger partial charge in [-0.3, -0.25) is 0 Å². The van der Waals surface area contributed by atoms with Crippen molar-refractivity contribution in [1.82, 2.24) is 9.97 Å². The SMILES string of the molecule is CSc1cc(-c2cccs2)nc(SC)n1. The number of thioether (sulfide) groups is 2. The van der Waals surface area contributed by atoms with E-state index >= 15 is 0 Å². The summed E-state index contributed by atoms with van der Waals surface area (Å²) >= 11 is 4.93. The quantitative estimate of drug-likeness (QED) is 0.474. The number of hydrogen-bond donors (Lipinski definition) is 0. The van der Waals surface area contributed by atoms with Gasteiger partial charge in [0.2, 0.25) is 0 Å². The molecule has 0 saturated carbocycles. The highest BCUT2D eigenvalue weighted by Crippen LogP contribution is 2.27. The summed E-state index contributed by atoms with van der Waals surface area (Å²) < 4.78 is 0. The van der Waals surface area contributed by atoms with Crippen molar-refractivity contribution in [2.75, 3.05) is 12.5 Å². The Bertz CT molecular complexity index is 418. The minimum absolute atomic E-state index is 0.838. The van der Waals surface area contributed by atoms with Crippen molar-refractivity contribution in [3.63, 3.8) is 0 Å². The van der Waals surface area contributed by atoms with Crippen LogP contribution < -0.4 is 0 Å². The monoisotopic (exact) mass is 254 g/mol. The zero-order valence-corrected chi connectivity index (χ0v) is 10.9. The molecule has 0 spiro atoms. The molecule has 2 nitrogen and oxygen atoms in total. The molecule has 0 unspecified atom stereocenters. The second-order valence-electron chi connectivity index (χ2n) is 2.76. The highest BCUT2D eigenvalue weighted by molar-refractivity contribution is 7.99. The van der Waals surface area contributed by atoms with Crippen LogP contribution in [0.5, 0.6) is 0 Å². The molecule has 0 bridgehead atoms. The lowest BCUT2D eigenvalue weighted by Crippen LogP contribution is -1.90. The molecule has 78 valence electrons. The molecule has 2 aromatic rings. The maximum absolute atomic E-state index is 4.49. The minimum atomic E-state index is 0.838. The van der Waals surface area contributed by atoms with Gasteiger partial charge in [0, 0.05) is 0 Å². The lowest BCUT2D eigenvalue weighted by atomic mass is 10.3. The van der Waals surface area contributed by atoms with Crippen molar-refractivity contribution in [3.05, 3.63) is 23.6 Å². The van der Waals surface area contributed by atoms with E-state index in [4.69, 9.17) is 0 Å². The summed E-state index contributed by atoms with van der Waals surface area (Å²) in [6.07, 6.45) is 4.03. The van der Waals surface area contributed by atoms with Gasteiger partial charge in [0.05, 0.1) is 10.6 Å². The van der Waals surface area contributed by atoms with Gasteiger partial charge in [0.1, 0.15) is 5.03 Å². The number of rotatable bonds is 3. The third kappa shape index (κ3) is 2.53. The Kier molecular flexibility index (Phi) is 3.66. The molecule has 15 heavy (non-hydrogen) atoms. The van der Waals surface area contributed by atoms with Crippen LogP contribution in [0.15, 0.2) is 33.8 Å². The van der Waals surface area contributed by atoms with Crippen LogP contribution in [-0.2, 0) is 0 Å². The zero-order valence-electron chi connectivity index (χ0n) is 8.43. The molecule has 0 aliphatic rings. The molecule has 0 N–H and O–H groups in total. The smallest absolute Gasteiger partial charge is 0.188 e. The van der Waals surface area contributed by atoms with Crippen LogP contribution in [0.2, 0.25) is 0 Å². The predicted molar refractivity (Wildman–Crippen MR) is 68.9 cm³/mol. The van der Waals surface area contributed by atoms with Gasteiger partial charge in [0.25, 0.3) is 0 Å². The lowest BCUT2D eigenvalue weighted by molar-refractivity contribution is 0.902.